The molecule has 0 aromatic heterocycles. The van der Waals surface area contributed by atoms with Crippen molar-refractivity contribution >= 4 is 11.7 Å². The summed E-state index contributed by atoms with van der Waals surface area (Å²) >= 11 is 0. The van der Waals surface area contributed by atoms with Gasteiger partial charge in [0.2, 0.25) is 6.79 Å². The Bertz CT molecular complexity index is 1360. The summed E-state index contributed by atoms with van der Waals surface area (Å²) in [5, 5.41) is 9.67. The molecule has 7 heteroatoms. The van der Waals surface area contributed by atoms with Crippen molar-refractivity contribution in [3.63, 3.8) is 0 Å². The molecule has 0 amide bonds. The maximum absolute atomic E-state index is 11.8. The normalized spacial score (nSPS) is 12.6. The van der Waals surface area contributed by atoms with Crippen LogP contribution in [0, 0.1) is 0 Å². The third kappa shape index (κ3) is 6.18. The molecule has 0 saturated heterocycles. The summed E-state index contributed by atoms with van der Waals surface area (Å²) < 4.78 is 22.2. The number of ether oxygens (including phenoxy) is 4. The number of carboxylic acid groups (broad SMARTS) is 1. The SMILES string of the molecule is COc1ccc(N(Cc2ccc(OC(Cc3ccccc3)C(=O)O)cc2)Cc2ccc3c(c2)OCO3)cc1. The van der Waals surface area contributed by atoms with E-state index in [1.54, 1.807) is 7.11 Å². The average molecular weight is 512 g/mol. The second-order valence-corrected chi connectivity index (χ2v) is 9.02. The van der Waals surface area contributed by atoms with Gasteiger partial charge in [0.25, 0.3) is 0 Å². The summed E-state index contributed by atoms with van der Waals surface area (Å²) in [6.45, 7) is 1.52. The summed E-state index contributed by atoms with van der Waals surface area (Å²) in [6.07, 6.45) is -0.677. The summed E-state index contributed by atoms with van der Waals surface area (Å²) in [5.74, 6) is 1.83. The number of methoxy groups -OCH3 is 1. The van der Waals surface area contributed by atoms with E-state index in [1.807, 2.05) is 97.1 Å². The third-order valence-electron chi connectivity index (χ3n) is 6.36. The van der Waals surface area contributed by atoms with Crippen LogP contribution in [0.1, 0.15) is 16.7 Å². The summed E-state index contributed by atoms with van der Waals surface area (Å²) in [4.78, 5) is 14.1. The van der Waals surface area contributed by atoms with Crippen LogP contribution in [0.2, 0.25) is 0 Å². The van der Waals surface area contributed by atoms with Gasteiger partial charge in [0.1, 0.15) is 11.5 Å². The number of hydrogen-bond acceptors (Lipinski definition) is 6. The molecular weight excluding hydrogens is 482 g/mol. The zero-order valence-electron chi connectivity index (χ0n) is 21.1. The zero-order valence-corrected chi connectivity index (χ0v) is 21.1. The van der Waals surface area contributed by atoms with Gasteiger partial charge in [-0.25, -0.2) is 4.79 Å². The van der Waals surface area contributed by atoms with Crippen molar-refractivity contribution < 1.29 is 28.8 Å². The number of nitrogens with zero attached hydrogens (tertiary/aromatic N) is 1. The number of anilines is 1. The monoisotopic (exact) mass is 511 g/mol. The standard InChI is InChI=1S/C31H29NO6/c1-35-26-14-10-25(11-15-26)32(20-24-9-16-28-29(18-24)37-21-36-28)19-23-7-12-27(13-8-23)38-30(31(33)34)17-22-5-3-2-4-6-22/h2-16,18,30H,17,19-21H2,1H3,(H,33,34). The molecule has 0 aliphatic carbocycles. The van der Waals surface area contributed by atoms with Gasteiger partial charge in [-0.3, -0.25) is 0 Å². The molecule has 1 atom stereocenters. The predicted molar refractivity (Wildman–Crippen MR) is 144 cm³/mol. The number of carboxylic acids is 1. The van der Waals surface area contributed by atoms with Gasteiger partial charge in [0.05, 0.1) is 7.11 Å². The van der Waals surface area contributed by atoms with E-state index >= 15 is 0 Å². The van der Waals surface area contributed by atoms with Crippen LogP contribution in [0.4, 0.5) is 5.69 Å². The van der Waals surface area contributed by atoms with E-state index in [2.05, 4.69) is 4.90 Å². The van der Waals surface area contributed by atoms with Crippen molar-refractivity contribution in [3.05, 3.63) is 114 Å². The summed E-state index contributed by atoms with van der Waals surface area (Å²) in [6, 6.07) is 31.0. The van der Waals surface area contributed by atoms with Gasteiger partial charge in [-0.2, -0.15) is 0 Å². The molecule has 1 heterocycles. The fraction of sp³-hybridized carbons (Fsp3) is 0.194. The number of carbonyl (C=O) groups is 1. The minimum Gasteiger partial charge on any atom is -0.497 e. The Morgan fingerprint density at radius 1 is 0.816 bits per heavy atom. The molecule has 0 spiro atoms. The van der Waals surface area contributed by atoms with E-state index in [9.17, 15) is 9.90 Å². The average Bonchev–Trinajstić information content (AvgIpc) is 3.42. The van der Waals surface area contributed by atoms with Crippen LogP contribution >= 0.6 is 0 Å². The molecule has 5 rings (SSSR count). The van der Waals surface area contributed by atoms with E-state index in [4.69, 9.17) is 18.9 Å². The topological polar surface area (TPSA) is 77.5 Å². The minimum absolute atomic E-state index is 0.240. The molecule has 7 nitrogen and oxygen atoms in total. The number of rotatable bonds is 11. The Labute approximate surface area is 221 Å². The lowest BCUT2D eigenvalue weighted by atomic mass is 10.1. The molecule has 38 heavy (non-hydrogen) atoms. The lowest BCUT2D eigenvalue weighted by Gasteiger charge is -2.26. The van der Waals surface area contributed by atoms with Gasteiger partial charge in [0, 0.05) is 25.2 Å². The highest BCUT2D eigenvalue weighted by molar-refractivity contribution is 5.73. The van der Waals surface area contributed by atoms with Gasteiger partial charge < -0.3 is 29.0 Å². The van der Waals surface area contributed by atoms with E-state index in [-0.39, 0.29) is 6.79 Å². The molecule has 0 radical (unpaired) electrons. The number of hydrogen-bond donors (Lipinski definition) is 1. The second kappa shape index (κ2) is 11.6. The fourth-order valence-corrected chi connectivity index (χ4v) is 4.36. The molecule has 194 valence electrons. The van der Waals surface area contributed by atoms with Gasteiger partial charge in [0.15, 0.2) is 17.6 Å². The van der Waals surface area contributed by atoms with Gasteiger partial charge in [-0.05, 0) is 65.2 Å². The minimum atomic E-state index is -0.993. The van der Waals surface area contributed by atoms with Crippen LogP contribution in [0.25, 0.3) is 0 Å². The largest absolute Gasteiger partial charge is 0.497 e. The molecule has 4 aromatic carbocycles. The lowest BCUT2D eigenvalue weighted by Crippen LogP contribution is -2.29. The van der Waals surface area contributed by atoms with Crippen molar-refractivity contribution in [2.45, 2.75) is 25.6 Å². The quantitative estimate of drug-likeness (QED) is 0.277. The number of fused-ring (bicyclic) bond motifs is 1. The molecule has 1 aliphatic rings. The van der Waals surface area contributed by atoms with Crippen molar-refractivity contribution in [2.24, 2.45) is 0 Å². The maximum atomic E-state index is 11.8. The highest BCUT2D eigenvalue weighted by Gasteiger charge is 2.20. The number of aliphatic carboxylic acids is 1. The van der Waals surface area contributed by atoms with E-state index < -0.39 is 12.1 Å². The Kier molecular flexibility index (Phi) is 7.64. The summed E-state index contributed by atoms with van der Waals surface area (Å²) in [7, 11) is 1.65. The van der Waals surface area contributed by atoms with Crippen LogP contribution < -0.4 is 23.8 Å². The maximum Gasteiger partial charge on any atom is 0.345 e. The van der Waals surface area contributed by atoms with Crippen molar-refractivity contribution in [1.82, 2.24) is 0 Å². The second-order valence-electron chi connectivity index (χ2n) is 9.02. The van der Waals surface area contributed by atoms with Crippen LogP contribution in [0.5, 0.6) is 23.0 Å². The van der Waals surface area contributed by atoms with Crippen LogP contribution in [-0.2, 0) is 24.3 Å². The van der Waals surface area contributed by atoms with Crippen molar-refractivity contribution in [2.75, 3.05) is 18.8 Å². The van der Waals surface area contributed by atoms with Gasteiger partial charge >= 0.3 is 5.97 Å². The van der Waals surface area contributed by atoms with Crippen LogP contribution in [0.15, 0.2) is 97.1 Å². The van der Waals surface area contributed by atoms with E-state index in [1.165, 1.54) is 0 Å². The first kappa shape index (κ1) is 25.0. The molecule has 1 aliphatic heterocycles. The molecule has 0 fully saturated rings. The molecular formula is C31H29NO6. The first-order chi connectivity index (χ1) is 18.6. The first-order valence-corrected chi connectivity index (χ1v) is 12.4. The molecule has 4 aromatic rings. The Morgan fingerprint density at radius 3 is 2.18 bits per heavy atom. The highest BCUT2D eigenvalue weighted by atomic mass is 16.7. The van der Waals surface area contributed by atoms with Gasteiger partial charge in [-0.1, -0.05) is 48.5 Å². The van der Waals surface area contributed by atoms with Crippen LogP contribution in [-0.4, -0.2) is 31.1 Å². The predicted octanol–water partition coefficient (Wildman–Crippen LogP) is 5.71. The zero-order chi connectivity index (χ0) is 26.3. The molecule has 0 bridgehead atoms. The van der Waals surface area contributed by atoms with Crippen molar-refractivity contribution in [3.8, 4) is 23.0 Å². The lowest BCUT2D eigenvalue weighted by molar-refractivity contribution is -0.145. The van der Waals surface area contributed by atoms with E-state index in [0.717, 1.165) is 39.6 Å². The Morgan fingerprint density at radius 2 is 1.47 bits per heavy atom. The fourth-order valence-electron chi connectivity index (χ4n) is 4.36. The number of benzene rings is 4. The first-order valence-electron chi connectivity index (χ1n) is 12.4. The molecule has 1 unspecified atom stereocenters. The van der Waals surface area contributed by atoms with Gasteiger partial charge in [-0.15, -0.1) is 0 Å². The molecule has 1 N–H and O–H groups in total. The Hall–Kier alpha value is -4.65. The smallest absolute Gasteiger partial charge is 0.345 e. The molecule has 0 saturated carbocycles. The third-order valence-corrected chi connectivity index (χ3v) is 6.36. The van der Waals surface area contributed by atoms with Crippen molar-refractivity contribution in [1.29, 1.82) is 0 Å². The summed E-state index contributed by atoms with van der Waals surface area (Å²) in [5.41, 5.74) is 4.10. The highest BCUT2D eigenvalue weighted by Crippen LogP contribution is 2.33. The van der Waals surface area contributed by atoms with Crippen LogP contribution in [0.3, 0.4) is 0 Å². The Balaban J connectivity index is 1.31. The van der Waals surface area contributed by atoms with E-state index in [0.29, 0.717) is 25.3 Å².